The van der Waals surface area contributed by atoms with Gasteiger partial charge in [-0.05, 0) is 42.4 Å². The van der Waals surface area contributed by atoms with Gasteiger partial charge in [0, 0.05) is 17.3 Å². The van der Waals surface area contributed by atoms with Crippen LogP contribution in [0.25, 0.3) is 10.9 Å². The number of fused-ring (bicyclic) bond motifs is 1. The summed E-state index contributed by atoms with van der Waals surface area (Å²) in [5, 5.41) is 6.28. The Morgan fingerprint density at radius 2 is 2.11 bits per heavy atom. The van der Waals surface area contributed by atoms with Crippen molar-refractivity contribution < 1.29 is 0 Å². The van der Waals surface area contributed by atoms with E-state index in [-0.39, 0.29) is 0 Å². The molecule has 3 rings (SSSR count). The number of nitrogens with one attached hydrogen (secondary N) is 1. The molecule has 4 heteroatoms. The molecule has 1 aromatic heterocycles. The molecule has 1 saturated carbocycles. The van der Waals surface area contributed by atoms with Gasteiger partial charge in [-0.2, -0.15) is 4.37 Å². The number of anilines is 1. The van der Waals surface area contributed by atoms with Crippen LogP contribution in [0.5, 0.6) is 0 Å². The number of benzene rings is 1. The molecule has 2 nitrogen and oxygen atoms in total. The third-order valence-corrected chi connectivity index (χ3v) is 5.13. The average molecular weight is 281 g/mol. The van der Waals surface area contributed by atoms with E-state index in [0.29, 0.717) is 11.3 Å². The van der Waals surface area contributed by atoms with Gasteiger partial charge >= 0.3 is 0 Å². The Labute approximate surface area is 117 Å². The van der Waals surface area contributed by atoms with Crippen LogP contribution < -0.4 is 5.32 Å². The first-order valence-electron chi connectivity index (χ1n) is 6.57. The van der Waals surface area contributed by atoms with Gasteiger partial charge in [-0.1, -0.05) is 25.0 Å². The summed E-state index contributed by atoms with van der Waals surface area (Å²) >= 11 is 7.94. The SMILES string of the molecule is ClC1CCCCC1CNc1snc2ccccc12. The van der Waals surface area contributed by atoms with E-state index in [9.17, 15) is 0 Å². The first-order chi connectivity index (χ1) is 8.84. The number of rotatable bonds is 3. The summed E-state index contributed by atoms with van der Waals surface area (Å²) < 4.78 is 4.45. The fourth-order valence-corrected chi connectivity index (χ4v) is 3.77. The molecule has 1 N–H and O–H groups in total. The zero-order chi connectivity index (χ0) is 12.4. The summed E-state index contributed by atoms with van der Waals surface area (Å²) in [4.78, 5) is 0. The number of aromatic nitrogens is 1. The van der Waals surface area contributed by atoms with Gasteiger partial charge in [-0.25, -0.2) is 0 Å². The van der Waals surface area contributed by atoms with Crippen LogP contribution in [0.15, 0.2) is 24.3 Å². The lowest BCUT2D eigenvalue weighted by molar-refractivity contribution is 0.381. The second kappa shape index (κ2) is 5.45. The smallest absolute Gasteiger partial charge is 0.117 e. The van der Waals surface area contributed by atoms with Crippen molar-refractivity contribution in [2.45, 2.75) is 31.1 Å². The largest absolute Gasteiger partial charge is 0.375 e. The molecule has 0 amide bonds. The first-order valence-corrected chi connectivity index (χ1v) is 7.78. The number of nitrogens with zero attached hydrogens (tertiary/aromatic N) is 1. The molecule has 1 aliphatic rings. The second-order valence-corrected chi connectivity index (χ2v) is 6.30. The third-order valence-electron chi connectivity index (χ3n) is 3.73. The highest BCUT2D eigenvalue weighted by molar-refractivity contribution is 7.11. The van der Waals surface area contributed by atoms with Crippen molar-refractivity contribution in [2.24, 2.45) is 5.92 Å². The Balaban J connectivity index is 1.69. The van der Waals surface area contributed by atoms with Gasteiger partial charge in [0.2, 0.25) is 0 Å². The van der Waals surface area contributed by atoms with Gasteiger partial charge in [0.1, 0.15) is 5.00 Å². The van der Waals surface area contributed by atoms with Gasteiger partial charge in [-0.3, -0.25) is 0 Å². The van der Waals surface area contributed by atoms with Crippen molar-refractivity contribution in [3.8, 4) is 0 Å². The summed E-state index contributed by atoms with van der Waals surface area (Å²) in [7, 11) is 0. The van der Waals surface area contributed by atoms with Crippen LogP contribution >= 0.6 is 23.1 Å². The quantitative estimate of drug-likeness (QED) is 0.837. The molecule has 0 bridgehead atoms. The van der Waals surface area contributed by atoms with Crippen molar-refractivity contribution in [1.82, 2.24) is 4.37 Å². The van der Waals surface area contributed by atoms with Crippen molar-refractivity contribution in [1.29, 1.82) is 0 Å². The third kappa shape index (κ3) is 2.47. The van der Waals surface area contributed by atoms with E-state index in [4.69, 9.17) is 11.6 Å². The van der Waals surface area contributed by atoms with Crippen LogP contribution in [-0.2, 0) is 0 Å². The molecule has 0 spiro atoms. The lowest BCUT2D eigenvalue weighted by atomic mass is 9.89. The molecule has 0 saturated heterocycles. The second-order valence-electron chi connectivity index (χ2n) is 4.97. The molecule has 18 heavy (non-hydrogen) atoms. The Kier molecular flexibility index (Phi) is 3.71. The van der Waals surface area contributed by atoms with Gasteiger partial charge < -0.3 is 5.32 Å². The maximum absolute atomic E-state index is 6.39. The molecular weight excluding hydrogens is 264 g/mol. The van der Waals surface area contributed by atoms with Crippen LogP contribution in [-0.4, -0.2) is 16.3 Å². The molecule has 0 radical (unpaired) electrons. The molecule has 1 aliphatic carbocycles. The van der Waals surface area contributed by atoms with Gasteiger partial charge in [0.25, 0.3) is 0 Å². The van der Waals surface area contributed by atoms with Gasteiger partial charge in [-0.15, -0.1) is 11.6 Å². The van der Waals surface area contributed by atoms with Crippen molar-refractivity contribution in [3.05, 3.63) is 24.3 Å². The highest BCUT2D eigenvalue weighted by Crippen LogP contribution is 2.31. The number of hydrogen-bond acceptors (Lipinski definition) is 3. The Morgan fingerprint density at radius 3 is 3.00 bits per heavy atom. The summed E-state index contributed by atoms with van der Waals surface area (Å²) in [5.74, 6) is 0.598. The van der Waals surface area contributed by atoms with Gasteiger partial charge in [0.05, 0.1) is 5.52 Å². The molecule has 2 aromatic rings. The topological polar surface area (TPSA) is 24.9 Å². The van der Waals surface area contributed by atoms with E-state index >= 15 is 0 Å². The van der Waals surface area contributed by atoms with Crippen LogP contribution in [0, 0.1) is 5.92 Å². The highest BCUT2D eigenvalue weighted by Gasteiger charge is 2.23. The molecule has 1 fully saturated rings. The minimum absolute atomic E-state index is 0.338. The fourth-order valence-electron chi connectivity index (χ4n) is 2.63. The van der Waals surface area contributed by atoms with Crippen molar-refractivity contribution >= 4 is 39.0 Å². The molecular formula is C14H17ClN2S. The molecule has 96 valence electrons. The zero-order valence-corrected chi connectivity index (χ0v) is 11.8. The van der Waals surface area contributed by atoms with Crippen LogP contribution in [0.4, 0.5) is 5.00 Å². The summed E-state index contributed by atoms with van der Waals surface area (Å²) in [5.41, 5.74) is 1.08. The molecule has 0 aliphatic heterocycles. The molecule has 2 atom stereocenters. The van der Waals surface area contributed by atoms with E-state index in [1.54, 1.807) is 11.5 Å². The maximum Gasteiger partial charge on any atom is 0.117 e. The lowest BCUT2D eigenvalue weighted by Crippen LogP contribution is -2.26. The van der Waals surface area contributed by atoms with Crippen LogP contribution in [0.2, 0.25) is 0 Å². The van der Waals surface area contributed by atoms with Gasteiger partial charge in [0.15, 0.2) is 0 Å². The van der Waals surface area contributed by atoms with E-state index in [1.165, 1.54) is 29.6 Å². The maximum atomic E-state index is 6.39. The number of halogens is 1. The predicted molar refractivity (Wildman–Crippen MR) is 79.7 cm³/mol. The molecule has 1 heterocycles. The first kappa shape index (κ1) is 12.2. The van der Waals surface area contributed by atoms with E-state index < -0.39 is 0 Å². The minimum atomic E-state index is 0.338. The lowest BCUT2D eigenvalue weighted by Gasteiger charge is -2.27. The highest BCUT2D eigenvalue weighted by atomic mass is 35.5. The number of alkyl halides is 1. The Hall–Kier alpha value is -0.800. The molecule has 1 aromatic carbocycles. The van der Waals surface area contributed by atoms with Crippen LogP contribution in [0.1, 0.15) is 25.7 Å². The zero-order valence-electron chi connectivity index (χ0n) is 10.2. The minimum Gasteiger partial charge on any atom is -0.375 e. The predicted octanol–water partition coefficient (Wildman–Crippen LogP) is 4.51. The van der Waals surface area contributed by atoms with Crippen molar-refractivity contribution in [2.75, 3.05) is 11.9 Å². The Morgan fingerprint density at radius 1 is 1.28 bits per heavy atom. The normalized spacial score (nSPS) is 24.3. The average Bonchev–Trinajstić information content (AvgIpc) is 2.81. The fraction of sp³-hybridized carbons (Fsp3) is 0.500. The van der Waals surface area contributed by atoms with Crippen LogP contribution in [0.3, 0.4) is 0 Å². The van der Waals surface area contributed by atoms with E-state index in [1.807, 2.05) is 6.07 Å². The van der Waals surface area contributed by atoms with E-state index in [0.717, 1.165) is 18.5 Å². The Bertz CT molecular complexity index is 525. The summed E-state index contributed by atoms with van der Waals surface area (Å²) in [6.07, 6.45) is 5.02. The number of hydrogen-bond donors (Lipinski definition) is 1. The van der Waals surface area contributed by atoms with Crippen molar-refractivity contribution in [3.63, 3.8) is 0 Å². The van der Waals surface area contributed by atoms with E-state index in [2.05, 4.69) is 27.9 Å². The summed E-state index contributed by atoms with van der Waals surface area (Å²) in [6.45, 7) is 0.973. The monoisotopic (exact) mass is 280 g/mol. The standard InChI is InChI=1S/C14H17ClN2S/c15-12-7-3-1-5-10(12)9-16-14-11-6-2-4-8-13(11)17-18-14/h2,4,6,8,10,12,16H,1,3,5,7,9H2. The molecule has 2 unspecified atom stereocenters. The summed E-state index contributed by atoms with van der Waals surface area (Å²) in [6, 6.07) is 8.27.